The topological polar surface area (TPSA) is 72.7 Å². The summed E-state index contributed by atoms with van der Waals surface area (Å²) in [6, 6.07) is 8.31. The maximum atomic E-state index is 14.4. The van der Waals surface area contributed by atoms with Gasteiger partial charge >= 0.3 is 0 Å². The van der Waals surface area contributed by atoms with Gasteiger partial charge in [-0.3, -0.25) is 4.79 Å². The van der Waals surface area contributed by atoms with Crippen LogP contribution < -0.4 is 5.32 Å². The summed E-state index contributed by atoms with van der Waals surface area (Å²) in [6.45, 7) is 1.84. The first-order valence-corrected chi connectivity index (χ1v) is 8.73. The smallest absolute Gasteiger partial charge is 0.252 e. The Bertz CT molecular complexity index is 943. The van der Waals surface area contributed by atoms with Crippen molar-refractivity contribution in [2.75, 3.05) is 11.1 Å². The summed E-state index contributed by atoms with van der Waals surface area (Å²) in [7, 11) is 0. The summed E-state index contributed by atoms with van der Waals surface area (Å²) >= 11 is 1.38. The Morgan fingerprint density at radius 2 is 2.00 bits per heavy atom. The molecule has 25 heavy (non-hydrogen) atoms. The number of thioether (sulfide) groups is 1. The molecule has 0 saturated heterocycles. The zero-order valence-electron chi connectivity index (χ0n) is 13.3. The predicted molar refractivity (Wildman–Crippen MR) is 93.2 cm³/mol. The molecule has 3 heterocycles. The van der Waals surface area contributed by atoms with Crippen LogP contribution in [0.25, 0.3) is 5.95 Å². The highest BCUT2D eigenvalue weighted by atomic mass is 32.2. The molecule has 1 N–H and O–H groups in total. The summed E-state index contributed by atoms with van der Waals surface area (Å²) in [5.41, 5.74) is 2.00. The second-order valence-electron chi connectivity index (χ2n) is 5.57. The molecule has 0 radical (unpaired) electrons. The SMILES string of the molecule is Cc1nn(-c2ncccn2)c2c1[C@H](c1ccccc1F)SCC(=O)N2. The summed E-state index contributed by atoms with van der Waals surface area (Å²) in [4.78, 5) is 20.6. The lowest BCUT2D eigenvalue weighted by Gasteiger charge is -2.15. The number of carbonyl (C=O) groups excluding carboxylic acids is 1. The molecule has 8 heteroatoms. The number of nitrogens with one attached hydrogen (secondary N) is 1. The fourth-order valence-electron chi connectivity index (χ4n) is 2.86. The molecule has 126 valence electrons. The van der Waals surface area contributed by atoms with E-state index < -0.39 is 0 Å². The van der Waals surface area contributed by atoms with E-state index in [2.05, 4.69) is 20.4 Å². The monoisotopic (exact) mass is 355 g/mol. The van der Waals surface area contributed by atoms with Gasteiger partial charge < -0.3 is 5.32 Å². The van der Waals surface area contributed by atoms with Gasteiger partial charge in [0.05, 0.1) is 16.7 Å². The maximum Gasteiger partial charge on any atom is 0.252 e. The molecule has 0 aliphatic carbocycles. The van der Waals surface area contributed by atoms with Gasteiger partial charge in [-0.25, -0.2) is 14.4 Å². The number of fused-ring (bicyclic) bond motifs is 1. The second kappa shape index (κ2) is 6.29. The Kier molecular flexibility index (Phi) is 3.96. The van der Waals surface area contributed by atoms with Gasteiger partial charge in [0.15, 0.2) is 0 Å². The lowest BCUT2D eigenvalue weighted by molar-refractivity contribution is -0.113. The third-order valence-electron chi connectivity index (χ3n) is 3.94. The Hall–Kier alpha value is -2.74. The number of halogens is 1. The number of aromatic nitrogens is 4. The summed E-state index contributed by atoms with van der Waals surface area (Å²) in [6.07, 6.45) is 3.21. The standard InChI is InChI=1S/C17H14FN5OS/c1-10-14-15(11-5-2-3-6-12(11)18)25-9-13(24)21-16(14)23(22-10)17-19-7-4-8-20-17/h2-8,15H,9H2,1H3,(H,21,24)/t15-/m0/s1. The minimum atomic E-state index is -0.340. The number of carbonyl (C=O) groups is 1. The van der Waals surface area contributed by atoms with Gasteiger partial charge in [-0.05, 0) is 19.1 Å². The van der Waals surface area contributed by atoms with E-state index in [1.165, 1.54) is 22.5 Å². The van der Waals surface area contributed by atoms with E-state index in [0.29, 0.717) is 23.0 Å². The molecular weight excluding hydrogens is 341 g/mol. The summed E-state index contributed by atoms with van der Waals surface area (Å²) in [5.74, 6) is 0.604. The molecule has 1 amide bonds. The van der Waals surface area contributed by atoms with Crippen LogP contribution in [-0.2, 0) is 4.79 Å². The Labute approximate surface area is 147 Å². The Balaban J connectivity index is 1.92. The number of amides is 1. The van der Waals surface area contributed by atoms with Gasteiger partial charge in [-0.15, -0.1) is 11.8 Å². The molecule has 0 spiro atoms. The zero-order chi connectivity index (χ0) is 17.4. The van der Waals surface area contributed by atoms with E-state index in [1.54, 1.807) is 36.7 Å². The minimum absolute atomic E-state index is 0.165. The first-order valence-electron chi connectivity index (χ1n) is 7.68. The molecule has 0 bridgehead atoms. The number of benzene rings is 1. The Morgan fingerprint density at radius 3 is 2.76 bits per heavy atom. The lowest BCUT2D eigenvalue weighted by atomic mass is 10.0. The van der Waals surface area contributed by atoms with Crippen molar-refractivity contribution < 1.29 is 9.18 Å². The van der Waals surface area contributed by atoms with Crippen LogP contribution in [0.3, 0.4) is 0 Å². The van der Waals surface area contributed by atoms with E-state index >= 15 is 0 Å². The van der Waals surface area contributed by atoms with Crippen LogP contribution in [0, 0.1) is 12.7 Å². The van der Waals surface area contributed by atoms with Crippen LogP contribution >= 0.6 is 11.8 Å². The van der Waals surface area contributed by atoms with Crippen LogP contribution in [0.2, 0.25) is 0 Å². The summed E-state index contributed by atoms with van der Waals surface area (Å²) < 4.78 is 15.9. The third kappa shape index (κ3) is 2.78. The molecule has 0 fully saturated rings. The number of rotatable bonds is 2. The van der Waals surface area contributed by atoms with E-state index in [0.717, 1.165) is 5.56 Å². The van der Waals surface area contributed by atoms with Gasteiger partial charge in [-0.1, -0.05) is 18.2 Å². The van der Waals surface area contributed by atoms with Gasteiger partial charge in [0, 0.05) is 23.5 Å². The van der Waals surface area contributed by atoms with Crippen molar-refractivity contribution in [2.45, 2.75) is 12.2 Å². The number of anilines is 1. The van der Waals surface area contributed by atoms with Crippen molar-refractivity contribution in [3.05, 3.63) is 65.4 Å². The summed E-state index contributed by atoms with van der Waals surface area (Å²) in [5, 5.41) is 7.01. The molecule has 1 aliphatic rings. The predicted octanol–water partition coefficient (Wildman–Crippen LogP) is 2.88. The molecule has 2 aromatic heterocycles. The average Bonchev–Trinajstić information content (AvgIpc) is 2.83. The minimum Gasteiger partial charge on any atom is -0.309 e. The highest BCUT2D eigenvalue weighted by Gasteiger charge is 2.32. The fraction of sp³-hybridized carbons (Fsp3) is 0.176. The molecule has 1 aromatic carbocycles. The first kappa shape index (κ1) is 15.8. The highest BCUT2D eigenvalue weighted by molar-refractivity contribution is 8.00. The lowest BCUT2D eigenvalue weighted by Crippen LogP contribution is -2.16. The van der Waals surface area contributed by atoms with Crippen LogP contribution in [0.1, 0.15) is 22.1 Å². The van der Waals surface area contributed by atoms with Crippen LogP contribution in [0.5, 0.6) is 0 Å². The van der Waals surface area contributed by atoms with Gasteiger partial charge in [-0.2, -0.15) is 9.78 Å². The molecule has 4 rings (SSSR count). The van der Waals surface area contributed by atoms with Crippen molar-refractivity contribution >= 4 is 23.5 Å². The maximum absolute atomic E-state index is 14.4. The number of hydrogen-bond donors (Lipinski definition) is 1. The zero-order valence-corrected chi connectivity index (χ0v) is 14.1. The Morgan fingerprint density at radius 1 is 1.24 bits per heavy atom. The molecule has 3 aromatic rings. The van der Waals surface area contributed by atoms with Gasteiger partial charge in [0.1, 0.15) is 11.6 Å². The van der Waals surface area contributed by atoms with Crippen LogP contribution in [-0.4, -0.2) is 31.4 Å². The normalized spacial score (nSPS) is 16.9. The number of nitrogens with zero attached hydrogens (tertiary/aromatic N) is 4. The molecule has 1 atom stereocenters. The molecule has 6 nitrogen and oxygen atoms in total. The van der Waals surface area contributed by atoms with Gasteiger partial charge in [0.2, 0.25) is 5.91 Å². The largest absolute Gasteiger partial charge is 0.309 e. The van der Waals surface area contributed by atoms with Crippen molar-refractivity contribution in [2.24, 2.45) is 0 Å². The van der Waals surface area contributed by atoms with Crippen molar-refractivity contribution in [1.29, 1.82) is 0 Å². The van der Waals surface area contributed by atoms with E-state index in [4.69, 9.17) is 0 Å². The molecule has 1 aliphatic heterocycles. The van der Waals surface area contributed by atoms with Crippen LogP contribution in [0.4, 0.5) is 10.2 Å². The fourth-order valence-corrected chi connectivity index (χ4v) is 4.07. The number of hydrogen-bond acceptors (Lipinski definition) is 5. The van der Waals surface area contributed by atoms with Crippen molar-refractivity contribution in [3.63, 3.8) is 0 Å². The second-order valence-corrected chi connectivity index (χ2v) is 6.66. The van der Waals surface area contributed by atoms with Crippen molar-refractivity contribution in [1.82, 2.24) is 19.7 Å². The van der Waals surface area contributed by atoms with Gasteiger partial charge in [0.25, 0.3) is 5.95 Å². The molecule has 0 unspecified atom stereocenters. The van der Waals surface area contributed by atoms with Crippen LogP contribution in [0.15, 0.2) is 42.7 Å². The van der Waals surface area contributed by atoms with Crippen molar-refractivity contribution in [3.8, 4) is 5.95 Å². The van der Waals surface area contributed by atoms with E-state index in [1.807, 2.05) is 6.92 Å². The quantitative estimate of drug-likeness (QED) is 0.765. The molecule has 0 saturated carbocycles. The average molecular weight is 355 g/mol. The first-order chi connectivity index (χ1) is 12.1. The number of aryl methyl sites for hydroxylation is 1. The highest BCUT2D eigenvalue weighted by Crippen LogP contribution is 2.44. The molecular formula is C17H14FN5OS. The van der Waals surface area contributed by atoms with E-state index in [-0.39, 0.29) is 22.7 Å². The van der Waals surface area contributed by atoms with E-state index in [9.17, 15) is 9.18 Å². The third-order valence-corrected chi connectivity index (χ3v) is 5.19.